The molecule has 0 fully saturated rings. The number of nitrogens with zero attached hydrogens (tertiary/aromatic N) is 1. The van der Waals surface area contributed by atoms with Crippen molar-refractivity contribution in [2.24, 2.45) is 0 Å². The van der Waals surface area contributed by atoms with Gasteiger partial charge in [-0.25, -0.2) is 8.42 Å². The molecular formula is C22H27NO3S. The molecule has 0 spiro atoms. The lowest BCUT2D eigenvalue weighted by molar-refractivity contribution is 0.0803. The van der Waals surface area contributed by atoms with E-state index in [1.165, 1.54) is 4.31 Å². The van der Waals surface area contributed by atoms with Gasteiger partial charge in [0.15, 0.2) is 0 Å². The van der Waals surface area contributed by atoms with Gasteiger partial charge in [0.25, 0.3) is 0 Å². The molecule has 2 aromatic rings. The summed E-state index contributed by atoms with van der Waals surface area (Å²) in [5.74, 6) is 0. The van der Waals surface area contributed by atoms with Crippen LogP contribution in [-0.2, 0) is 21.4 Å². The van der Waals surface area contributed by atoms with Crippen LogP contribution in [0.4, 0.5) is 0 Å². The fourth-order valence-electron chi connectivity index (χ4n) is 2.76. The lowest BCUT2D eigenvalue weighted by Gasteiger charge is -2.29. The molecule has 0 unspecified atom stereocenters. The maximum Gasteiger partial charge on any atom is 0.243 e. The van der Waals surface area contributed by atoms with Crippen molar-refractivity contribution in [3.05, 3.63) is 91.0 Å². The highest BCUT2D eigenvalue weighted by Gasteiger charge is 2.30. The average Bonchev–Trinajstić information content (AvgIpc) is 2.66. The molecule has 0 saturated carbocycles. The minimum Gasteiger partial charge on any atom is -0.375 e. The van der Waals surface area contributed by atoms with Gasteiger partial charge in [-0.1, -0.05) is 60.2 Å². The lowest BCUT2D eigenvalue weighted by atomic mass is 10.2. The van der Waals surface area contributed by atoms with E-state index < -0.39 is 10.0 Å². The topological polar surface area (TPSA) is 46.6 Å². The first-order valence-electron chi connectivity index (χ1n) is 8.91. The van der Waals surface area contributed by atoms with Crippen LogP contribution in [0.3, 0.4) is 0 Å². The Hall–Kier alpha value is -2.21. The molecule has 27 heavy (non-hydrogen) atoms. The first kappa shape index (κ1) is 21.1. The Morgan fingerprint density at radius 2 is 1.70 bits per heavy atom. The van der Waals surface area contributed by atoms with Crippen molar-refractivity contribution in [2.45, 2.75) is 30.9 Å². The third kappa shape index (κ3) is 5.89. The number of benzene rings is 2. The molecule has 1 atom stereocenters. The van der Waals surface area contributed by atoms with E-state index in [1.807, 2.05) is 37.3 Å². The Morgan fingerprint density at radius 3 is 2.30 bits per heavy atom. The zero-order chi connectivity index (χ0) is 19.7. The van der Waals surface area contributed by atoms with E-state index in [2.05, 4.69) is 13.2 Å². The summed E-state index contributed by atoms with van der Waals surface area (Å²) < 4.78 is 33.6. The van der Waals surface area contributed by atoms with Gasteiger partial charge in [-0.2, -0.15) is 4.31 Å². The Morgan fingerprint density at radius 1 is 1.04 bits per heavy atom. The average molecular weight is 386 g/mol. The van der Waals surface area contributed by atoms with E-state index in [0.717, 1.165) is 11.1 Å². The van der Waals surface area contributed by atoms with Crippen molar-refractivity contribution in [3.8, 4) is 0 Å². The molecule has 0 heterocycles. The third-order valence-electron chi connectivity index (χ3n) is 4.20. The quantitative estimate of drug-likeness (QED) is 0.541. The molecule has 0 N–H and O–H groups in total. The largest absolute Gasteiger partial charge is 0.375 e. The van der Waals surface area contributed by atoms with E-state index in [0.29, 0.717) is 13.0 Å². The van der Waals surface area contributed by atoms with Crippen molar-refractivity contribution >= 4 is 10.0 Å². The van der Waals surface area contributed by atoms with Crippen molar-refractivity contribution in [3.63, 3.8) is 0 Å². The molecule has 0 saturated heterocycles. The van der Waals surface area contributed by atoms with Crippen LogP contribution in [0.5, 0.6) is 0 Å². The van der Waals surface area contributed by atoms with Crippen LogP contribution in [0.15, 0.2) is 84.8 Å². The predicted molar refractivity (Wildman–Crippen MR) is 110 cm³/mol. The Balaban J connectivity index is 2.19. The Labute approximate surface area is 162 Å². The van der Waals surface area contributed by atoms with Crippen molar-refractivity contribution in [1.82, 2.24) is 4.31 Å². The minimum atomic E-state index is -3.66. The van der Waals surface area contributed by atoms with Gasteiger partial charge >= 0.3 is 0 Å². The maximum absolute atomic E-state index is 13.2. The molecule has 0 aliphatic heterocycles. The molecule has 5 heteroatoms. The van der Waals surface area contributed by atoms with E-state index in [1.54, 1.807) is 36.4 Å². The summed E-state index contributed by atoms with van der Waals surface area (Å²) in [6.45, 7) is 10.3. The molecule has 2 rings (SSSR count). The highest BCUT2D eigenvalue weighted by molar-refractivity contribution is 7.89. The second-order valence-electron chi connectivity index (χ2n) is 6.36. The van der Waals surface area contributed by atoms with E-state index in [4.69, 9.17) is 4.74 Å². The number of aryl methyl sites for hydroxylation is 1. The summed E-state index contributed by atoms with van der Waals surface area (Å²) in [6, 6.07) is 16.3. The van der Waals surface area contributed by atoms with Gasteiger partial charge in [-0.3, -0.25) is 0 Å². The van der Waals surface area contributed by atoms with Gasteiger partial charge < -0.3 is 4.74 Å². The van der Waals surface area contributed by atoms with Crippen molar-refractivity contribution in [1.29, 1.82) is 0 Å². The lowest BCUT2D eigenvalue weighted by Crippen LogP contribution is -2.42. The van der Waals surface area contributed by atoms with Gasteiger partial charge in [-0.05, 0) is 31.0 Å². The van der Waals surface area contributed by atoms with Crippen molar-refractivity contribution < 1.29 is 13.2 Å². The zero-order valence-electron chi connectivity index (χ0n) is 15.8. The number of rotatable bonds is 11. The standard InChI is InChI=1S/C22H27NO3S/c1-4-9-21(18-26-17-20-10-7-6-8-11-20)23(16-5-2)27(24,25)22-14-12-19(3)13-15-22/h4-8,10-15,21H,1-2,9,16-18H2,3H3/t21-/m0/s1. The summed E-state index contributed by atoms with van der Waals surface area (Å²) in [7, 11) is -3.66. The summed E-state index contributed by atoms with van der Waals surface area (Å²) in [5, 5.41) is 0. The molecule has 0 aliphatic rings. The van der Waals surface area contributed by atoms with Crippen LogP contribution < -0.4 is 0 Å². The predicted octanol–water partition coefficient (Wildman–Crippen LogP) is 4.33. The first-order chi connectivity index (χ1) is 13.0. The van der Waals surface area contributed by atoms with Gasteiger partial charge in [0.05, 0.1) is 24.2 Å². The number of ether oxygens (including phenoxy) is 1. The summed E-state index contributed by atoms with van der Waals surface area (Å²) in [6.07, 6.45) is 3.81. The number of sulfonamides is 1. The molecule has 0 aromatic heterocycles. The van der Waals surface area contributed by atoms with Crippen LogP contribution >= 0.6 is 0 Å². The van der Waals surface area contributed by atoms with Crippen molar-refractivity contribution in [2.75, 3.05) is 13.2 Å². The van der Waals surface area contributed by atoms with Crippen LogP contribution in [0.25, 0.3) is 0 Å². The fraction of sp³-hybridized carbons (Fsp3) is 0.273. The third-order valence-corrected chi connectivity index (χ3v) is 6.14. The summed E-state index contributed by atoms with van der Waals surface area (Å²) >= 11 is 0. The highest BCUT2D eigenvalue weighted by atomic mass is 32.2. The summed E-state index contributed by atoms with van der Waals surface area (Å²) in [5.41, 5.74) is 2.06. The summed E-state index contributed by atoms with van der Waals surface area (Å²) in [4.78, 5) is 0.270. The van der Waals surface area contributed by atoms with E-state index in [9.17, 15) is 8.42 Å². The van der Waals surface area contributed by atoms with Gasteiger partial charge in [0, 0.05) is 6.54 Å². The second-order valence-corrected chi connectivity index (χ2v) is 8.25. The van der Waals surface area contributed by atoms with E-state index in [-0.39, 0.29) is 24.1 Å². The van der Waals surface area contributed by atoms with E-state index >= 15 is 0 Å². The van der Waals surface area contributed by atoms with Crippen LogP contribution in [0.2, 0.25) is 0 Å². The smallest absolute Gasteiger partial charge is 0.243 e. The fourth-order valence-corrected chi connectivity index (χ4v) is 4.36. The maximum atomic E-state index is 13.2. The SMILES string of the molecule is C=CC[C@@H](COCc1ccccc1)N(CC=C)S(=O)(=O)c1ccc(C)cc1. The van der Waals surface area contributed by atoms with Gasteiger partial charge in [0.2, 0.25) is 10.0 Å². The molecule has 0 aliphatic carbocycles. The van der Waals surface area contributed by atoms with Crippen LogP contribution in [0.1, 0.15) is 17.5 Å². The number of hydrogen-bond donors (Lipinski definition) is 0. The van der Waals surface area contributed by atoms with Crippen LogP contribution in [0, 0.1) is 6.92 Å². The van der Waals surface area contributed by atoms with Gasteiger partial charge in [-0.15, -0.1) is 13.2 Å². The molecule has 144 valence electrons. The molecule has 0 bridgehead atoms. The van der Waals surface area contributed by atoms with Gasteiger partial charge in [0.1, 0.15) is 0 Å². The molecular weight excluding hydrogens is 358 g/mol. The highest BCUT2D eigenvalue weighted by Crippen LogP contribution is 2.21. The Kier molecular flexibility index (Phi) is 7.98. The molecule has 0 amide bonds. The normalized spacial score (nSPS) is 12.7. The molecule has 0 radical (unpaired) electrons. The molecule has 4 nitrogen and oxygen atoms in total. The Bertz CT molecular complexity index is 830. The monoisotopic (exact) mass is 385 g/mol. The second kappa shape index (κ2) is 10.2. The van der Waals surface area contributed by atoms with Crippen LogP contribution in [-0.4, -0.2) is 31.9 Å². The molecule has 2 aromatic carbocycles. The zero-order valence-corrected chi connectivity index (χ0v) is 16.6. The number of hydrogen-bond acceptors (Lipinski definition) is 3. The first-order valence-corrected chi connectivity index (χ1v) is 10.3. The minimum absolute atomic E-state index is 0.212.